The Hall–Kier alpha value is -0.560. The minimum Gasteiger partial charge on any atom is -0.396 e. The van der Waals surface area contributed by atoms with Crippen molar-refractivity contribution in [1.29, 1.82) is 0 Å². The van der Waals surface area contributed by atoms with Gasteiger partial charge in [-0.05, 0) is 46.5 Å². The second-order valence-corrected chi connectivity index (χ2v) is 11.8. The standard InChI is InChI=1S/C9H20O5.2C9H20O3.C4H10O3/c1-2-9(5-11,6-12)7-14-4-8(13)3-10;1-5-9(6(2)10,7(3)11)8(4)12;1-2-3-4-5-9(6-10,7-11)8-12;5-2-1-4(7)3-6/h8,10-13H,2-7H2,1H3;6-8,10-12H,5H2,1-4H3;10-12H,2-8H2,1H3;4-7H,1-3H2. The van der Waals surface area contributed by atoms with Gasteiger partial charge in [-0.3, -0.25) is 0 Å². The van der Waals surface area contributed by atoms with E-state index in [1.54, 1.807) is 20.8 Å². The molecule has 0 aliphatic rings. The molecule has 14 nitrogen and oxygen atoms in total. The average molecular weight is 667 g/mol. The van der Waals surface area contributed by atoms with Gasteiger partial charge in [-0.2, -0.15) is 0 Å². The molecule has 0 saturated carbocycles. The van der Waals surface area contributed by atoms with Crippen molar-refractivity contribution in [3.8, 4) is 0 Å². The molecule has 5 unspecified atom stereocenters. The molecular weight excluding hydrogens is 596 g/mol. The van der Waals surface area contributed by atoms with Crippen LogP contribution in [0.25, 0.3) is 0 Å². The van der Waals surface area contributed by atoms with E-state index in [1.165, 1.54) is 0 Å². The Morgan fingerprint density at radius 3 is 1.20 bits per heavy atom. The Morgan fingerprint density at radius 1 is 0.556 bits per heavy atom. The molecule has 0 fully saturated rings. The highest BCUT2D eigenvalue weighted by Gasteiger charge is 2.42. The fourth-order valence-corrected chi connectivity index (χ4v) is 4.24. The van der Waals surface area contributed by atoms with Crippen molar-refractivity contribution in [3.63, 3.8) is 0 Å². The largest absolute Gasteiger partial charge is 0.396 e. The van der Waals surface area contributed by atoms with Gasteiger partial charge >= 0.3 is 0 Å². The van der Waals surface area contributed by atoms with Gasteiger partial charge in [0.05, 0.1) is 83.9 Å². The summed E-state index contributed by atoms with van der Waals surface area (Å²) in [4.78, 5) is 0. The molecule has 278 valence electrons. The van der Waals surface area contributed by atoms with Gasteiger partial charge in [-0.15, -0.1) is 0 Å². The van der Waals surface area contributed by atoms with E-state index in [9.17, 15) is 15.3 Å². The van der Waals surface area contributed by atoms with E-state index in [1.807, 2.05) is 13.8 Å². The number of unbranched alkanes of at least 4 members (excludes halogenated alkanes) is 2. The lowest BCUT2D eigenvalue weighted by Crippen LogP contribution is -2.50. The first kappa shape index (κ1) is 51.3. The maximum absolute atomic E-state index is 9.48. The number of ether oxygens (including phenoxy) is 1. The van der Waals surface area contributed by atoms with E-state index >= 15 is 0 Å². The van der Waals surface area contributed by atoms with Crippen molar-refractivity contribution in [2.24, 2.45) is 16.2 Å². The minimum absolute atomic E-state index is 0.0122. The van der Waals surface area contributed by atoms with Gasteiger partial charge in [0.25, 0.3) is 0 Å². The number of hydrogen-bond donors (Lipinski definition) is 13. The molecule has 0 radical (unpaired) electrons. The second kappa shape index (κ2) is 30.8. The summed E-state index contributed by atoms with van der Waals surface area (Å²) in [6, 6.07) is 0. The summed E-state index contributed by atoms with van der Waals surface area (Å²) in [5.41, 5.74) is -2.09. The van der Waals surface area contributed by atoms with E-state index in [0.29, 0.717) is 19.3 Å². The van der Waals surface area contributed by atoms with E-state index in [-0.39, 0.29) is 72.5 Å². The molecule has 0 aromatic carbocycles. The molecule has 0 aromatic rings. The topological polar surface area (TPSA) is 272 Å². The van der Waals surface area contributed by atoms with Crippen molar-refractivity contribution in [3.05, 3.63) is 0 Å². The van der Waals surface area contributed by atoms with Crippen LogP contribution in [-0.4, -0.2) is 163 Å². The molecule has 0 aromatic heterocycles. The Bertz CT molecular complexity index is 561. The van der Waals surface area contributed by atoms with Gasteiger partial charge in [0, 0.05) is 22.9 Å². The Morgan fingerprint density at radius 2 is 0.978 bits per heavy atom. The summed E-state index contributed by atoms with van der Waals surface area (Å²) in [6.07, 6.45) is 1.49. The molecule has 0 bridgehead atoms. The molecule has 45 heavy (non-hydrogen) atoms. The summed E-state index contributed by atoms with van der Waals surface area (Å²) in [5.74, 6) is 0. The quantitative estimate of drug-likeness (QED) is 0.0587. The third-order valence-corrected chi connectivity index (χ3v) is 8.29. The highest BCUT2D eigenvalue weighted by molar-refractivity contribution is 4.92. The zero-order valence-corrected chi connectivity index (χ0v) is 28.6. The molecular formula is C31H70O14. The van der Waals surface area contributed by atoms with Crippen molar-refractivity contribution in [2.75, 3.05) is 66.1 Å². The number of aliphatic hydroxyl groups excluding tert-OH is 13. The maximum Gasteiger partial charge on any atom is 0.100 e. The predicted molar refractivity (Wildman–Crippen MR) is 171 cm³/mol. The molecule has 0 aliphatic heterocycles. The SMILES string of the molecule is CCC(C(C)O)(C(C)O)C(C)O.CCC(CO)(CO)COCC(O)CO.CCCCCC(CO)(CO)CO.OCCC(O)CO. The second-order valence-electron chi connectivity index (χ2n) is 11.8. The summed E-state index contributed by atoms with van der Waals surface area (Å²) < 4.78 is 5.09. The van der Waals surface area contributed by atoms with Crippen LogP contribution >= 0.6 is 0 Å². The smallest absolute Gasteiger partial charge is 0.100 e. The van der Waals surface area contributed by atoms with E-state index < -0.39 is 46.8 Å². The van der Waals surface area contributed by atoms with Crippen LogP contribution in [0, 0.1) is 16.2 Å². The first-order valence-electron chi connectivity index (χ1n) is 15.9. The summed E-state index contributed by atoms with van der Waals surface area (Å²) in [5, 5.41) is 116. The highest BCUT2D eigenvalue weighted by atomic mass is 16.5. The van der Waals surface area contributed by atoms with Gasteiger partial charge in [-0.1, -0.05) is 40.0 Å². The maximum atomic E-state index is 9.48. The number of aliphatic hydroxyl groups is 13. The van der Waals surface area contributed by atoms with E-state index in [2.05, 4.69) is 6.92 Å². The van der Waals surface area contributed by atoms with Gasteiger partial charge < -0.3 is 71.1 Å². The Balaban J connectivity index is -0.000000255. The van der Waals surface area contributed by atoms with Crippen molar-refractivity contribution >= 4 is 0 Å². The predicted octanol–water partition coefficient (Wildman–Crippen LogP) is -1.49. The summed E-state index contributed by atoms with van der Waals surface area (Å²) in [6.45, 7) is 9.38. The van der Waals surface area contributed by atoms with Crippen molar-refractivity contribution in [1.82, 2.24) is 0 Å². The highest BCUT2D eigenvalue weighted by Crippen LogP contribution is 2.34. The molecule has 0 aliphatic carbocycles. The van der Waals surface area contributed by atoms with E-state index in [4.69, 9.17) is 55.8 Å². The van der Waals surface area contributed by atoms with Gasteiger partial charge in [0.2, 0.25) is 0 Å². The molecule has 14 heteroatoms. The van der Waals surface area contributed by atoms with Crippen LogP contribution in [0.2, 0.25) is 0 Å². The molecule has 0 saturated heterocycles. The molecule has 5 atom stereocenters. The monoisotopic (exact) mass is 666 g/mol. The summed E-state index contributed by atoms with van der Waals surface area (Å²) >= 11 is 0. The van der Waals surface area contributed by atoms with Gasteiger partial charge in [-0.25, -0.2) is 0 Å². The van der Waals surface area contributed by atoms with Crippen LogP contribution in [0.4, 0.5) is 0 Å². The van der Waals surface area contributed by atoms with Crippen LogP contribution in [0.3, 0.4) is 0 Å². The van der Waals surface area contributed by atoms with E-state index in [0.717, 1.165) is 19.3 Å². The van der Waals surface area contributed by atoms with Gasteiger partial charge in [0.15, 0.2) is 0 Å². The molecule has 13 N–H and O–H groups in total. The first-order valence-corrected chi connectivity index (χ1v) is 15.9. The van der Waals surface area contributed by atoms with Crippen LogP contribution in [-0.2, 0) is 4.74 Å². The fraction of sp³-hybridized carbons (Fsp3) is 1.00. The molecule has 0 amide bonds. The number of hydrogen-bond acceptors (Lipinski definition) is 14. The van der Waals surface area contributed by atoms with Crippen LogP contribution in [0.1, 0.15) is 86.5 Å². The molecule has 0 rings (SSSR count). The Kier molecular flexibility index (Phi) is 35.0. The molecule has 0 spiro atoms. The van der Waals surface area contributed by atoms with Crippen LogP contribution < -0.4 is 0 Å². The third-order valence-electron chi connectivity index (χ3n) is 8.29. The zero-order chi connectivity index (χ0) is 36.1. The number of rotatable bonds is 22. The average Bonchev–Trinajstić information content (AvgIpc) is 3.03. The van der Waals surface area contributed by atoms with Crippen LogP contribution in [0.15, 0.2) is 0 Å². The van der Waals surface area contributed by atoms with Crippen molar-refractivity contribution < 1.29 is 71.1 Å². The molecule has 0 heterocycles. The lowest BCUT2D eigenvalue weighted by molar-refractivity contribution is -0.123. The van der Waals surface area contributed by atoms with Crippen molar-refractivity contribution in [2.45, 2.75) is 117 Å². The third kappa shape index (κ3) is 21.8. The van der Waals surface area contributed by atoms with Crippen LogP contribution in [0.5, 0.6) is 0 Å². The Labute approximate surface area is 270 Å². The zero-order valence-electron chi connectivity index (χ0n) is 28.6. The van der Waals surface area contributed by atoms with Gasteiger partial charge in [0.1, 0.15) is 6.10 Å². The lowest BCUT2D eigenvalue weighted by Gasteiger charge is -2.40. The minimum atomic E-state index is -0.901. The normalized spacial score (nSPS) is 16.3. The first-order chi connectivity index (χ1) is 21.1. The fourth-order valence-electron chi connectivity index (χ4n) is 4.24. The summed E-state index contributed by atoms with van der Waals surface area (Å²) in [7, 11) is 0. The lowest BCUT2D eigenvalue weighted by atomic mass is 9.71.